The lowest BCUT2D eigenvalue weighted by Gasteiger charge is -2.30. The molecule has 0 radical (unpaired) electrons. The van der Waals surface area contributed by atoms with Crippen LogP contribution in [-0.2, 0) is 0 Å². The summed E-state index contributed by atoms with van der Waals surface area (Å²) in [5.74, 6) is 0.984. The summed E-state index contributed by atoms with van der Waals surface area (Å²) >= 11 is 0. The molecule has 0 saturated heterocycles. The molecule has 0 aromatic carbocycles. The van der Waals surface area contributed by atoms with E-state index in [9.17, 15) is 0 Å². The van der Waals surface area contributed by atoms with E-state index in [-0.39, 0.29) is 0 Å². The first-order valence-corrected chi connectivity index (χ1v) is 3.42. The third-order valence-corrected chi connectivity index (χ3v) is 2.05. The second kappa shape index (κ2) is 2.84. The second-order valence-electron chi connectivity index (χ2n) is 2.63. The average Bonchev–Trinajstić information content (AvgIpc) is 1.82. The third kappa shape index (κ3) is 1.22. The highest BCUT2D eigenvalue weighted by Gasteiger charge is 2.29. The first-order chi connectivity index (χ1) is 4.38. The Balaban J connectivity index is 2.21. The van der Waals surface area contributed by atoms with Crippen molar-refractivity contribution in [3.8, 4) is 6.07 Å². The van der Waals surface area contributed by atoms with E-state index in [1.54, 1.807) is 0 Å². The lowest BCUT2D eigenvalue weighted by molar-refractivity contribution is 0.231. The molecule has 2 atom stereocenters. The molecule has 2 unspecified atom stereocenters. The van der Waals surface area contributed by atoms with Crippen molar-refractivity contribution in [3.63, 3.8) is 0 Å². The van der Waals surface area contributed by atoms with E-state index >= 15 is 0 Å². The van der Waals surface area contributed by atoms with Gasteiger partial charge in [-0.1, -0.05) is 0 Å². The van der Waals surface area contributed by atoms with Crippen molar-refractivity contribution in [3.05, 3.63) is 0 Å². The number of nitrogens with zero attached hydrogens (tertiary/aromatic N) is 1. The zero-order valence-electron chi connectivity index (χ0n) is 5.72. The van der Waals surface area contributed by atoms with Gasteiger partial charge in [0.15, 0.2) is 0 Å². The molecule has 0 heterocycles. The minimum absolute atomic E-state index is 0.345. The topological polar surface area (TPSA) is 35.8 Å². The van der Waals surface area contributed by atoms with Gasteiger partial charge in [-0.25, -0.2) is 0 Å². The fourth-order valence-corrected chi connectivity index (χ4v) is 1.25. The average molecular weight is 124 g/mol. The van der Waals surface area contributed by atoms with Crippen LogP contribution in [0.5, 0.6) is 0 Å². The van der Waals surface area contributed by atoms with Crippen molar-refractivity contribution in [1.29, 1.82) is 5.26 Å². The van der Waals surface area contributed by atoms with Crippen LogP contribution in [-0.4, -0.2) is 13.6 Å². The van der Waals surface area contributed by atoms with Crippen molar-refractivity contribution in [2.75, 3.05) is 13.6 Å². The summed E-state index contributed by atoms with van der Waals surface area (Å²) in [7, 11) is 1.94. The van der Waals surface area contributed by atoms with Crippen molar-refractivity contribution in [1.82, 2.24) is 5.32 Å². The van der Waals surface area contributed by atoms with Crippen molar-refractivity contribution < 1.29 is 0 Å². The number of hydrogen-bond acceptors (Lipinski definition) is 2. The number of rotatable bonds is 2. The molecular formula is C7H12N2. The molecule has 0 aromatic rings. The van der Waals surface area contributed by atoms with E-state index in [1.165, 1.54) is 6.42 Å². The first kappa shape index (κ1) is 6.57. The molecule has 0 bridgehead atoms. The lowest BCUT2D eigenvalue weighted by Crippen LogP contribution is -2.32. The molecule has 1 N–H and O–H groups in total. The van der Waals surface area contributed by atoms with Crippen molar-refractivity contribution >= 4 is 0 Å². The highest BCUT2D eigenvalue weighted by Crippen LogP contribution is 2.32. The molecule has 0 aromatic heterocycles. The number of nitriles is 1. The molecule has 2 nitrogen and oxygen atoms in total. The van der Waals surface area contributed by atoms with Gasteiger partial charge >= 0.3 is 0 Å². The quantitative estimate of drug-likeness (QED) is 0.589. The summed E-state index contributed by atoms with van der Waals surface area (Å²) in [5, 5.41) is 11.6. The smallest absolute Gasteiger partial charge is 0.0659 e. The van der Waals surface area contributed by atoms with Gasteiger partial charge in [0.05, 0.1) is 12.0 Å². The van der Waals surface area contributed by atoms with Gasteiger partial charge in [0.2, 0.25) is 0 Å². The molecule has 1 rings (SSSR count). The Hall–Kier alpha value is -0.550. The molecule has 1 saturated carbocycles. The lowest BCUT2D eigenvalue weighted by atomic mass is 9.75. The Morgan fingerprint density at radius 3 is 2.78 bits per heavy atom. The minimum Gasteiger partial charge on any atom is -0.319 e. The molecule has 0 amide bonds. The second-order valence-corrected chi connectivity index (χ2v) is 2.63. The van der Waals surface area contributed by atoms with Crippen LogP contribution >= 0.6 is 0 Å². The largest absolute Gasteiger partial charge is 0.319 e. The first-order valence-electron chi connectivity index (χ1n) is 3.42. The van der Waals surface area contributed by atoms with E-state index in [0.29, 0.717) is 11.8 Å². The van der Waals surface area contributed by atoms with Crippen LogP contribution in [0.2, 0.25) is 0 Å². The van der Waals surface area contributed by atoms with E-state index in [1.807, 2.05) is 7.05 Å². The molecule has 0 spiro atoms. The highest BCUT2D eigenvalue weighted by atomic mass is 14.8. The molecule has 1 fully saturated rings. The normalized spacial score (nSPS) is 32.9. The zero-order valence-corrected chi connectivity index (χ0v) is 5.72. The van der Waals surface area contributed by atoms with Crippen LogP contribution in [0.15, 0.2) is 0 Å². The van der Waals surface area contributed by atoms with E-state index in [2.05, 4.69) is 11.4 Å². The predicted molar refractivity (Wildman–Crippen MR) is 35.8 cm³/mol. The van der Waals surface area contributed by atoms with Crippen LogP contribution in [0.1, 0.15) is 12.8 Å². The molecule has 1 aliphatic carbocycles. The van der Waals surface area contributed by atoms with E-state index in [4.69, 9.17) is 5.26 Å². The summed E-state index contributed by atoms with van der Waals surface area (Å²) in [5.41, 5.74) is 0. The maximum atomic E-state index is 8.51. The van der Waals surface area contributed by atoms with Crippen molar-refractivity contribution in [2.24, 2.45) is 11.8 Å². The molecular weight excluding hydrogens is 112 g/mol. The number of nitrogens with one attached hydrogen (secondary N) is 1. The van der Waals surface area contributed by atoms with Crippen LogP contribution < -0.4 is 5.32 Å². The Labute approximate surface area is 55.9 Å². The highest BCUT2D eigenvalue weighted by molar-refractivity contribution is 4.95. The molecule has 50 valence electrons. The molecule has 9 heavy (non-hydrogen) atoms. The monoisotopic (exact) mass is 124 g/mol. The van der Waals surface area contributed by atoms with Crippen molar-refractivity contribution in [2.45, 2.75) is 12.8 Å². The third-order valence-electron chi connectivity index (χ3n) is 2.05. The maximum Gasteiger partial charge on any atom is 0.0659 e. The molecule has 0 aliphatic heterocycles. The van der Waals surface area contributed by atoms with Gasteiger partial charge in [-0.15, -0.1) is 0 Å². The fourth-order valence-electron chi connectivity index (χ4n) is 1.25. The van der Waals surface area contributed by atoms with E-state index < -0.39 is 0 Å². The summed E-state index contributed by atoms with van der Waals surface area (Å²) < 4.78 is 0. The van der Waals surface area contributed by atoms with Crippen LogP contribution in [0.25, 0.3) is 0 Å². The molecule has 2 heteroatoms. The Morgan fingerprint density at radius 2 is 2.44 bits per heavy atom. The van der Waals surface area contributed by atoms with Crippen LogP contribution in [0, 0.1) is 23.2 Å². The zero-order chi connectivity index (χ0) is 6.69. The van der Waals surface area contributed by atoms with Crippen LogP contribution in [0.3, 0.4) is 0 Å². The summed E-state index contributed by atoms with van der Waals surface area (Å²) in [4.78, 5) is 0. The SMILES string of the molecule is CNCC1CCC1C#N. The van der Waals surface area contributed by atoms with Gasteiger partial charge in [-0.3, -0.25) is 0 Å². The standard InChI is InChI=1S/C7H12N2/c1-9-5-7-3-2-6(7)4-8/h6-7,9H,2-3,5H2,1H3. The van der Waals surface area contributed by atoms with Gasteiger partial charge < -0.3 is 5.32 Å². The Morgan fingerprint density at radius 1 is 1.67 bits per heavy atom. The number of hydrogen-bond donors (Lipinski definition) is 1. The fraction of sp³-hybridized carbons (Fsp3) is 0.857. The van der Waals surface area contributed by atoms with Gasteiger partial charge in [-0.2, -0.15) is 5.26 Å². The van der Waals surface area contributed by atoms with Gasteiger partial charge in [-0.05, 0) is 32.4 Å². The van der Waals surface area contributed by atoms with Crippen LogP contribution in [0.4, 0.5) is 0 Å². The van der Waals surface area contributed by atoms with Gasteiger partial charge in [0, 0.05) is 0 Å². The maximum absolute atomic E-state index is 8.51. The Bertz CT molecular complexity index is 125. The van der Waals surface area contributed by atoms with Gasteiger partial charge in [0.25, 0.3) is 0 Å². The summed E-state index contributed by atoms with van der Waals surface area (Å²) in [6.45, 7) is 1.01. The summed E-state index contributed by atoms with van der Waals surface area (Å²) in [6, 6.07) is 2.30. The molecule has 1 aliphatic rings. The minimum atomic E-state index is 0.345. The predicted octanol–water partition coefficient (Wildman–Crippen LogP) is 0.756. The summed E-state index contributed by atoms with van der Waals surface area (Å²) in [6.07, 6.45) is 2.35. The van der Waals surface area contributed by atoms with Gasteiger partial charge in [0.1, 0.15) is 0 Å². The Kier molecular flexibility index (Phi) is 2.07. The van der Waals surface area contributed by atoms with E-state index in [0.717, 1.165) is 13.0 Å².